The number of aromatic nitrogens is 3. The van der Waals surface area contributed by atoms with E-state index in [1.165, 1.54) is 16.5 Å². The van der Waals surface area contributed by atoms with Gasteiger partial charge in [-0.25, -0.2) is 4.98 Å². The minimum Gasteiger partial charge on any atom is -0.295 e. The van der Waals surface area contributed by atoms with Crippen LogP contribution < -0.4 is 11.1 Å². The lowest BCUT2D eigenvalue weighted by Gasteiger charge is -2.12. The van der Waals surface area contributed by atoms with Gasteiger partial charge in [0.2, 0.25) is 0 Å². The molecule has 0 spiro atoms. The number of pyridine rings is 1. The fourth-order valence-corrected chi connectivity index (χ4v) is 3.17. The summed E-state index contributed by atoms with van der Waals surface area (Å²) in [7, 11) is 1.65. The molecule has 0 aliphatic carbocycles. The van der Waals surface area contributed by atoms with Crippen LogP contribution in [0.15, 0.2) is 40.2 Å². The molecule has 0 aliphatic rings. The molecule has 0 fully saturated rings. The van der Waals surface area contributed by atoms with Crippen LogP contribution in [0.4, 0.5) is 0 Å². The number of rotatable bonds is 4. The second-order valence-corrected chi connectivity index (χ2v) is 6.56. The Bertz CT molecular complexity index is 1040. The van der Waals surface area contributed by atoms with E-state index in [0.717, 1.165) is 18.4 Å². The zero-order valence-electron chi connectivity index (χ0n) is 15.2. The predicted molar refractivity (Wildman–Crippen MR) is 100 cm³/mol. The van der Waals surface area contributed by atoms with Crippen LogP contribution in [-0.4, -0.2) is 14.1 Å². The Balaban J connectivity index is 2.08. The first-order valence-electron chi connectivity index (χ1n) is 8.57. The number of fused-ring (bicyclic) bond motifs is 1. The molecule has 0 radical (unpaired) electrons. The Morgan fingerprint density at radius 2 is 1.60 bits per heavy atom. The largest absolute Gasteiger partial charge is 0.295 e. The SMILES string of the molecule is CCCc1ccc(Cn2cnc3c(c(C)c(C)c(=O)n3C)c2=O)cc1. The maximum atomic E-state index is 12.9. The fraction of sp³-hybridized carbons (Fsp3) is 0.350. The van der Waals surface area contributed by atoms with Crippen molar-refractivity contribution in [1.82, 2.24) is 14.1 Å². The molecule has 0 unspecified atom stereocenters. The molecule has 25 heavy (non-hydrogen) atoms. The third kappa shape index (κ3) is 3.02. The summed E-state index contributed by atoms with van der Waals surface area (Å²) >= 11 is 0. The summed E-state index contributed by atoms with van der Waals surface area (Å²) in [5.74, 6) is 0. The predicted octanol–water partition coefficient (Wildman–Crippen LogP) is 2.71. The molecule has 0 amide bonds. The van der Waals surface area contributed by atoms with Crippen LogP contribution in [0, 0.1) is 13.8 Å². The van der Waals surface area contributed by atoms with Crippen molar-refractivity contribution < 1.29 is 0 Å². The van der Waals surface area contributed by atoms with Crippen LogP contribution in [-0.2, 0) is 20.0 Å². The molecule has 0 saturated heterocycles. The minimum atomic E-state index is -0.112. The monoisotopic (exact) mass is 337 g/mol. The molecule has 0 N–H and O–H groups in total. The van der Waals surface area contributed by atoms with Crippen molar-refractivity contribution in [3.8, 4) is 0 Å². The maximum absolute atomic E-state index is 12.9. The van der Waals surface area contributed by atoms with Crippen molar-refractivity contribution >= 4 is 11.0 Å². The second-order valence-electron chi connectivity index (χ2n) is 6.56. The van der Waals surface area contributed by atoms with E-state index in [1.807, 2.05) is 6.92 Å². The highest BCUT2D eigenvalue weighted by atomic mass is 16.1. The van der Waals surface area contributed by atoms with Gasteiger partial charge in [0.15, 0.2) is 0 Å². The number of nitrogens with zero attached hydrogens (tertiary/aromatic N) is 3. The molecule has 5 heteroatoms. The summed E-state index contributed by atoms with van der Waals surface area (Å²) in [6.45, 7) is 6.19. The zero-order valence-corrected chi connectivity index (χ0v) is 15.2. The molecule has 2 aromatic heterocycles. The van der Waals surface area contributed by atoms with Crippen molar-refractivity contribution in [2.24, 2.45) is 7.05 Å². The summed E-state index contributed by atoms with van der Waals surface area (Å²) in [4.78, 5) is 29.5. The molecule has 3 rings (SSSR count). The molecular weight excluding hydrogens is 314 g/mol. The maximum Gasteiger partial charge on any atom is 0.263 e. The molecule has 2 heterocycles. The summed E-state index contributed by atoms with van der Waals surface area (Å²) in [6.07, 6.45) is 3.70. The fourth-order valence-electron chi connectivity index (χ4n) is 3.17. The molecule has 0 bridgehead atoms. The van der Waals surface area contributed by atoms with Gasteiger partial charge in [-0.1, -0.05) is 37.6 Å². The topological polar surface area (TPSA) is 56.9 Å². The van der Waals surface area contributed by atoms with Crippen LogP contribution in [0.5, 0.6) is 0 Å². The molecule has 1 aromatic carbocycles. The number of benzene rings is 1. The summed E-state index contributed by atoms with van der Waals surface area (Å²) in [5.41, 5.74) is 3.88. The third-order valence-electron chi connectivity index (χ3n) is 4.81. The quantitative estimate of drug-likeness (QED) is 0.735. The molecule has 0 saturated carbocycles. The van der Waals surface area contributed by atoms with Crippen molar-refractivity contribution in [2.45, 2.75) is 40.2 Å². The highest BCUT2D eigenvalue weighted by Crippen LogP contribution is 2.13. The zero-order chi connectivity index (χ0) is 18.1. The van der Waals surface area contributed by atoms with Crippen molar-refractivity contribution in [3.63, 3.8) is 0 Å². The van der Waals surface area contributed by atoms with Gasteiger partial charge in [-0.3, -0.25) is 18.7 Å². The first kappa shape index (κ1) is 17.1. The van der Waals surface area contributed by atoms with Gasteiger partial charge in [0, 0.05) is 12.6 Å². The lowest BCUT2D eigenvalue weighted by molar-refractivity contribution is 0.737. The van der Waals surface area contributed by atoms with Crippen LogP contribution in [0.2, 0.25) is 0 Å². The Morgan fingerprint density at radius 1 is 0.960 bits per heavy atom. The van der Waals surface area contributed by atoms with Gasteiger partial charge in [0.05, 0.1) is 11.9 Å². The van der Waals surface area contributed by atoms with E-state index in [1.54, 1.807) is 18.5 Å². The first-order chi connectivity index (χ1) is 11.9. The van der Waals surface area contributed by atoms with Gasteiger partial charge >= 0.3 is 0 Å². The van der Waals surface area contributed by atoms with Gasteiger partial charge in [-0.05, 0) is 37.0 Å². The van der Waals surface area contributed by atoms with Crippen molar-refractivity contribution in [3.05, 3.63) is 73.6 Å². The van der Waals surface area contributed by atoms with Crippen LogP contribution in [0.25, 0.3) is 11.0 Å². The lowest BCUT2D eigenvalue weighted by atomic mass is 10.1. The van der Waals surface area contributed by atoms with Crippen LogP contribution >= 0.6 is 0 Å². The average Bonchev–Trinajstić information content (AvgIpc) is 2.61. The van der Waals surface area contributed by atoms with E-state index >= 15 is 0 Å². The smallest absolute Gasteiger partial charge is 0.263 e. The van der Waals surface area contributed by atoms with Crippen molar-refractivity contribution in [2.75, 3.05) is 0 Å². The Morgan fingerprint density at radius 3 is 2.24 bits per heavy atom. The Hall–Kier alpha value is -2.69. The highest BCUT2D eigenvalue weighted by molar-refractivity contribution is 5.78. The average molecular weight is 337 g/mol. The van der Waals surface area contributed by atoms with Gasteiger partial charge in [-0.15, -0.1) is 0 Å². The Kier molecular flexibility index (Phi) is 4.57. The summed E-state index contributed by atoms with van der Waals surface area (Å²) in [5, 5.41) is 0.518. The first-order valence-corrected chi connectivity index (χ1v) is 8.57. The lowest BCUT2D eigenvalue weighted by Crippen LogP contribution is -2.28. The number of hydrogen-bond donors (Lipinski definition) is 0. The normalized spacial score (nSPS) is 11.2. The van der Waals surface area contributed by atoms with Gasteiger partial charge < -0.3 is 0 Å². The van der Waals surface area contributed by atoms with E-state index in [-0.39, 0.29) is 11.1 Å². The molecule has 130 valence electrons. The van der Waals surface area contributed by atoms with Crippen LogP contribution in [0.3, 0.4) is 0 Å². The minimum absolute atomic E-state index is 0.110. The standard InChI is InChI=1S/C20H23N3O2/c1-5-6-15-7-9-16(10-8-15)11-23-12-21-18-17(20(23)25)13(2)14(3)19(24)22(18)4/h7-10,12H,5-6,11H2,1-4H3. The molecular formula is C20H23N3O2. The van der Waals surface area contributed by atoms with Gasteiger partial charge in [-0.2, -0.15) is 0 Å². The third-order valence-corrected chi connectivity index (χ3v) is 4.81. The summed E-state index contributed by atoms with van der Waals surface area (Å²) < 4.78 is 3.05. The van der Waals surface area contributed by atoms with E-state index in [4.69, 9.17) is 0 Å². The van der Waals surface area contributed by atoms with Gasteiger partial charge in [0.25, 0.3) is 11.1 Å². The van der Waals surface area contributed by atoms with E-state index in [9.17, 15) is 9.59 Å². The van der Waals surface area contributed by atoms with E-state index < -0.39 is 0 Å². The molecule has 0 aliphatic heterocycles. The molecule has 5 nitrogen and oxygen atoms in total. The van der Waals surface area contributed by atoms with Crippen molar-refractivity contribution in [1.29, 1.82) is 0 Å². The summed E-state index contributed by atoms with van der Waals surface area (Å²) in [6, 6.07) is 8.33. The number of aryl methyl sites for hydroxylation is 3. The molecule has 0 atom stereocenters. The number of hydrogen-bond acceptors (Lipinski definition) is 3. The van der Waals surface area contributed by atoms with Crippen LogP contribution in [0.1, 0.15) is 35.6 Å². The van der Waals surface area contributed by atoms with E-state index in [0.29, 0.717) is 28.7 Å². The highest BCUT2D eigenvalue weighted by Gasteiger charge is 2.14. The second kappa shape index (κ2) is 6.67. The molecule has 3 aromatic rings. The van der Waals surface area contributed by atoms with Gasteiger partial charge in [0.1, 0.15) is 12.0 Å². The van der Waals surface area contributed by atoms with E-state index in [2.05, 4.69) is 36.2 Å². The Labute approximate surface area is 146 Å².